The van der Waals surface area contributed by atoms with E-state index >= 15 is 0 Å². The van der Waals surface area contributed by atoms with Crippen LogP contribution in [0.1, 0.15) is 23.0 Å². The van der Waals surface area contributed by atoms with Crippen molar-refractivity contribution >= 4 is 28.5 Å². The molecule has 0 spiro atoms. The van der Waals surface area contributed by atoms with Gasteiger partial charge in [0, 0.05) is 16.3 Å². The predicted molar refractivity (Wildman–Crippen MR) is 62.5 cm³/mol. The molecule has 0 saturated heterocycles. The molecule has 0 saturated carbocycles. The highest BCUT2D eigenvalue weighted by atomic mass is 127. The molecule has 2 N–H and O–H groups in total. The Labute approximate surface area is 95.2 Å². The summed E-state index contributed by atoms with van der Waals surface area (Å²) < 4.78 is 0.906. The first kappa shape index (κ1) is 11.2. The smallest absolute Gasteiger partial charge is 0.261 e. The van der Waals surface area contributed by atoms with Crippen molar-refractivity contribution in [1.29, 1.82) is 0 Å². The van der Waals surface area contributed by atoms with E-state index in [2.05, 4.69) is 32.9 Å². The van der Waals surface area contributed by atoms with Crippen LogP contribution in [0.5, 0.6) is 0 Å². The van der Waals surface area contributed by atoms with Crippen LogP contribution in [0, 0.1) is 3.57 Å². The molecule has 1 rings (SSSR count). The molecule has 1 aromatic rings. The van der Waals surface area contributed by atoms with E-state index < -0.39 is 0 Å². The standard InChI is InChI=1S/C9H11IN2O2/c1-3-7-6(10)4-5(8(13)11-2)9(14)12-7/h4H,3H2,1-2H3,(H,11,13)(H,12,14). The molecule has 5 heteroatoms. The van der Waals surface area contributed by atoms with Gasteiger partial charge in [-0.05, 0) is 35.1 Å². The highest BCUT2D eigenvalue weighted by molar-refractivity contribution is 14.1. The summed E-state index contributed by atoms with van der Waals surface area (Å²) in [5, 5.41) is 2.42. The molecular formula is C9H11IN2O2. The first-order valence-electron chi connectivity index (χ1n) is 4.24. The van der Waals surface area contributed by atoms with Crippen molar-refractivity contribution in [3.63, 3.8) is 0 Å². The van der Waals surface area contributed by atoms with E-state index in [1.807, 2.05) is 6.92 Å². The SMILES string of the molecule is CCc1[nH]c(=O)c(C(=O)NC)cc1I. The topological polar surface area (TPSA) is 62.0 Å². The van der Waals surface area contributed by atoms with Crippen LogP contribution < -0.4 is 10.9 Å². The lowest BCUT2D eigenvalue weighted by Crippen LogP contribution is -2.27. The van der Waals surface area contributed by atoms with Crippen LogP contribution in [0.3, 0.4) is 0 Å². The number of hydrogen-bond donors (Lipinski definition) is 2. The normalized spacial score (nSPS) is 9.93. The number of aryl methyl sites for hydroxylation is 1. The number of nitrogens with one attached hydrogen (secondary N) is 2. The lowest BCUT2D eigenvalue weighted by Gasteiger charge is -2.03. The fourth-order valence-electron chi connectivity index (χ4n) is 1.10. The van der Waals surface area contributed by atoms with Crippen molar-refractivity contribution in [1.82, 2.24) is 10.3 Å². The highest BCUT2D eigenvalue weighted by Gasteiger charge is 2.11. The summed E-state index contributed by atoms with van der Waals surface area (Å²) in [6.45, 7) is 1.95. The first-order valence-corrected chi connectivity index (χ1v) is 5.31. The van der Waals surface area contributed by atoms with Gasteiger partial charge in [-0.3, -0.25) is 9.59 Å². The van der Waals surface area contributed by atoms with Gasteiger partial charge in [0.15, 0.2) is 0 Å². The van der Waals surface area contributed by atoms with Crippen molar-refractivity contribution in [3.8, 4) is 0 Å². The van der Waals surface area contributed by atoms with Crippen LogP contribution >= 0.6 is 22.6 Å². The van der Waals surface area contributed by atoms with Gasteiger partial charge in [0.05, 0.1) is 0 Å². The van der Waals surface area contributed by atoms with Crippen LogP contribution in [0.25, 0.3) is 0 Å². The molecular weight excluding hydrogens is 295 g/mol. The second-order valence-electron chi connectivity index (χ2n) is 2.77. The van der Waals surface area contributed by atoms with Gasteiger partial charge in [0.2, 0.25) is 0 Å². The summed E-state index contributed by atoms with van der Waals surface area (Å²) in [5.74, 6) is -0.355. The van der Waals surface area contributed by atoms with Crippen molar-refractivity contribution in [2.75, 3.05) is 7.05 Å². The number of pyridine rings is 1. The van der Waals surface area contributed by atoms with Crippen molar-refractivity contribution in [2.45, 2.75) is 13.3 Å². The number of H-pyrrole nitrogens is 1. The average Bonchev–Trinajstić information content (AvgIpc) is 2.19. The number of aromatic nitrogens is 1. The zero-order valence-corrected chi connectivity index (χ0v) is 10.1. The van der Waals surface area contributed by atoms with Crippen LogP contribution in [-0.2, 0) is 6.42 Å². The number of aromatic amines is 1. The van der Waals surface area contributed by atoms with E-state index in [9.17, 15) is 9.59 Å². The Kier molecular flexibility index (Phi) is 3.68. The monoisotopic (exact) mass is 306 g/mol. The number of carbonyl (C=O) groups excluding carboxylic acids is 1. The molecule has 0 unspecified atom stereocenters. The molecule has 0 atom stereocenters. The fourth-order valence-corrected chi connectivity index (χ4v) is 1.93. The van der Waals surface area contributed by atoms with Gasteiger partial charge < -0.3 is 10.3 Å². The maximum absolute atomic E-state index is 11.4. The minimum absolute atomic E-state index is 0.161. The van der Waals surface area contributed by atoms with E-state index in [0.29, 0.717) is 0 Å². The van der Waals surface area contributed by atoms with Crippen LogP contribution in [-0.4, -0.2) is 17.9 Å². The molecule has 1 aromatic heterocycles. The van der Waals surface area contributed by atoms with Crippen LogP contribution in [0.4, 0.5) is 0 Å². The van der Waals surface area contributed by atoms with Crippen molar-refractivity contribution < 1.29 is 4.79 Å². The Morgan fingerprint density at radius 2 is 2.29 bits per heavy atom. The summed E-state index contributed by atoms with van der Waals surface area (Å²) in [6, 6.07) is 1.61. The molecule has 0 aliphatic carbocycles. The third-order valence-corrected chi connectivity index (χ3v) is 2.86. The Bertz CT molecular complexity index is 412. The van der Waals surface area contributed by atoms with Gasteiger partial charge in [0.1, 0.15) is 5.56 Å². The molecule has 14 heavy (non-hydrogen) atoms. The zero-order valence-electron chi connectivity index (χ0n) is 7.98. The molecule has 1 amide bonds. The van der Waals surface area contributed by atoms with E-state index in [1.54, 1.807) is 6.07 Å². The molecule has 76 valence electrons. The van der Waals surface area contributed by atoms with E-state index in [-0.39, 0.29) is 17.0 Å². The lowest BCUT2D eigenvalue weighted by molar-refractivity contribution is 0.0961. The van der Waals surface area contributed by atoms with E-state index in [4.69, 9.17) is 0 Å². The summed E-state index contributed by atoms with van der Waals surface area (Å²) >= 11 is 2.10. The van der Waals surface area contributed by atoms with E-state index in [0.717, 1.165) is 15.7 Å². The number of hydrogen-bond acceptors (Lipinski definition) is 2. The molecule has 0 aliphatic heterocycles. The third-order valence-electron chi connectivity index (χ3n) is 1.89. The summed E-state index contributed by atoms with van der Waals surface area (Å²) in [4.78, 5) is 25.4. The molecule has 0 radical (unpaired) electrons. The third kappa shape index (κ3) is 2.14. The first-order chi connectivity index (χ1) is 6.60. The number of halogens is 1. The van der Waals surface area contributed by atoms with Crippen molar-refractivity contribution in [3.05, 3.63) is 31.2 Å². The van der Waals surface area contributed by atoms with Gasteiger partial charge >= 0.3 is 0 Å². The molecule has 4 nitrogen and oxygen atoms in total. The summed E-state index contributed by atoms with van der Waals surface area (Å²) in [6.07, 6.45) is 0.752. The Morgan fingerprint density at radius 3 is 2.79 bits per heavy atom. The molecule has 1 heterocycles. The maximum Gasteiger partial charge on any atom is 0.261 e. The minimum Gasteiger partial charge on any atom is -0.355 e. The minimum atomic E-state index is -0.355. The summed E-state index contributed by atoms with van der Waals surface area (Å²) in [7, 11) is 1.50. The predicted octanol–water partition coefficient (Wildman–Crippen LogP) is 0.901. The fraction of sp³-hybridized carbons (Fsp3) is 0.333. The Balaban J connectivity index is 3.29. The molecule has 0 bridgehead atoms. The zero-order chi connectivity index (χ0) is 10.7. The van der Waals surface area contributed by atoms with Crippen LogP contribution in [0.2, 0.25) is 0 Å². The lowest BCUT2D eigenvalue weighted by atomic mass is 10.2. The van der Waals surface area contributed by atoms with E-state index in [1.165, 1.54) is 7.05 Å². The number of amides is 1. The average molecular weight is 306 g/mol. The highest BCUT2D eigenvalue weighted by Crippen LogP contribution is 2.09. The summed E-state index contributed by atoms with van der Waals surface area (Å²) in [5.41, 5.74) is 0.693. The Hall–Kier alpha value is -0.850. The molecule has 0 fully saturated rings. The van der Waals surface area contributed by atoms with Gasteiger partial charge in [-0.2, -0.15) is 0 Å². The Morgan fingerprint density at radius 1 is 1.64 bits per heavy atom. The van der Waals surface area contributed by atoms with Gasteiger partial charge in [0.25, 0.3) is 11.5 Å². The second-order valence-corrected chi connectivity index (χ2v) is 3.93. The van der Waals surface area contributed by atoms with Crippen molar-refractivity contribution in [2.24, 2.45) is 0 Å². The van der Waals surface area contributed by atoms with Gasteiger partial charge in [-0.25, -0.2) is 0 Å². The van der Waals surface area contributed by atoms with Gasteiger partial charge in [-0.15, -0.1) is 0 Å². The quantitative estimate of drug-likeness (QED) is 0.798. The number of carbonyl (C=O) groups is 1. The maximum atomic E-state index is 11.4. The molecule has 0 aromatic carbocycles. The second kappa shape index (κ2) is 4.59. The van der Waals surface area contributed by atoms with Crippen LogP contribution in [0.15, 0.2) is 10.9 Å². The van der Waals surface area contributed by atoms with Gasteiger partial charge in [-0.1, -0.05) is 6.92 Å². The largest absolute Gasteiger partial charge is 0.355 e. The number of rotatable bonds is 2. The molecule has 0 aliphatic rings.